The second-order valence-electron chi connectivity index (χ2n) is 4.63. The molecule has 0 aliphatic rings. The molecule has 1 N–H and O–H groups in total. The van der Waals surface area contributed by atoms with E-state index in [1.807, 2.05) is 35.0 Å². The molecule has 1 aromatic carbocycles. The van der Waals surface area contributed by atoms with Crippen LogP contribution in [-0.2, 0) is 12.7 Å². The minimum atomic E-state index is -4.33. The van der Waals surface area contributed by atoms with Gasteiger partial charge in [-0.15, -0.1) is 0 Å². The topological polar surface area (TPSA) is 29.3 Å². The van der Waals surface area contributed by atoms with E-state index >= 15 is 0 Å². The van der Waals surface area contributed by atoms with Crippen molar-refractivity contribution in [3.8, 4) is 0 Å². The van der Waals surface area contributed by atoms with Crippen molar-refractivity contribution in [1.29, 1.82) is 0 Å². The van der Waals surface area contributed by atoms with Gasteiger partial charge in [0.15, 0.2) is 0 Å². The Bertz CT molecular complexity index is 729. The van der Waals surface area contributed by atoms with Gasteiger partial charge in [-0.1, -0.05) is 12.1 Å². The Hall–Kier alpha value is -2.50. The fourth-order valence-corrected chi connectivity index (χ4v) is 2.07. The fourth-order valence-electron chi connectivity index (χ4n) is 2.07. The van der Waals surface area contributed by atoms with Gasteiger partial charge >= 0.3 is 6.18 Å². The lowest BCUT2D eigenvalue weighted by atomic mass is 10.2. The highest BCUT2D eigenvalue weighted by atomic mass is 19.4. The lowest BCUT2D eigenvalue weighted by molar-refractivity contribution is -0.137. The molecule has 0 aliphatic heterocycles. The molecule has 3 rings (SSSR count). The van der Waals surface area contributed by atoms with Crippen LogP contribution in [0.3, 0.4) is 0 Å². The maximum atomic E-state index is 12.6. The number of rotatable bonds is 3. The second-order valence-corrected chi connectivity index (χ2v) is 4.63. The highest BCUT2D eigenvalue weighted by molar-refractivity contribution is 5.47. The third-order valence-corrected chi connectivity index (χ3v) is 3.08. The molecule has 21 heavy (non-hydrogen) atoms. The van der Waals surface area contributed by atoms with Crippen LogP contribution in [0.5, 0.6) is 0 Å². The Morgan fingerprint density at radius 3 is 2.71 bits per heavy atom. The predicted molar refractivity (Wildman–Crippen MR) is 74.0 cm³/mol. The number of alkyl halides is 3. The number of halogens is 3. The zero-order valence-corrected chi connectivity index (χ0v) is 10.9. The number of aromatic nitrogens is 2. The molecule has 2 heterocycles. The van der Waals surface area contributed by atoms with Crippen molar-refractivity contribution >= 4 is 11.3 Å². The summed E-state index contributed by atoms with van der Waals surface area (Å²) in [5, 5.41) is 2.96. The van der Waals surface area contributed by atoms with E-state index in [9.17, 15) is 13.2 Å². The van der Waals surface area contributed by atoms with Gasteiger partial charge in [0.05, 0.1) is 17.8 Å². The molecule has 0 unspecified atom stereocenters. The number of nitrogens with zero attached hydrogens (tertiary/aromatic N) is 2. The Morgan fingerprint density at radius 2 is 1.95 bits per heavy atom. The summed E-state index contributed by atoms with van der Waals surface area (Å²) in [5.41, 5.74) is 1.32. The molecule has 0 fully saturated rings. The van der Waals surface area contributed by atoms with Crippen molar-refractivity contribution in [3.63, 3.8) is 0 Å². The van der Waals surface area contributed by atoms with Crippen LogP contribution < -0.4 is 5.32 Å². The molecule has 0 saturated heterocycles. The highest BCUT2D eigenvalue weighted by Gasteiger charge is 2.30. The molecular weight excluding hydrogens is 279 g/mol. The zero-order valence-electron chi connectivity index (χ0n) is 10.9. The van der Waals surface area contributed by atoms with Gasteiger partial charge in [-0.2, -0.15) is 13.2 Å². The third kappa shape index (κ3) is 2.99. The number of imidazole rings is 1. The molecule has 2 aromatic heterocycles. The van der Waals surface area contributed by atoms with Crippen LogP contribution in [0, 0.1) is 0 Å². The summed E-state index contributed by atoms with van der Waals surface area (Å²) >= 11 is 0. The van der Waals surface area contributed by atoms with Crippen LogP contribution >= 0.6 is 0 Å². The van der Waals surface area contributed by atoms with E-state index < -0.39 is 11.7 Å². The van der Waals surface area contributed by atoms with E-state index in [1.54, 1.807) is 6.07 Å². The first-order chi connectivity index (χ1) is 10.0. The lowest BCUT2D eigenvalue weighted by Gasteiger charge is -2.09. The van der Waals surface area contributed by atoms with Crippen molar-refractivity contribution in [2.75, 3.05) is 5.32 Å². The third-order valence-electron chi connectivity index (χ3n) is 3.08. The van der Waals surface area contributed by atoms with Gasteiger partial charge < -0.3 is 9.72 Å². The first-order valence-corrected chi connectivity index (χ1v) is 6.36. The Labute approximate surface area is 119 Å². The smallest absolute Gasteiger partial charge is 0.379 e. The predicted octanol–water partition coefficient (Wildman–Crippen LogP) is 3.97. The average Bonchev–Trinajstić information content (AvgIpc) is 2.87. The minimum absolute atomic E-state index is 0.364. The molecule has 0 amide bonds. The van der Waals surface area contributed by atoms with Crippen LogP contribution in [0.2, 0.25) is 0 Å². The van der Waals surface area contributed by atoms with Crippen LogP contribution in [-0.4, -0.2) is 9.38 Å². The summed E-state index contributed by atoms with van der Waals surface area (Å²) in [6.07, 6.45) is -0.618. The van der Waals surface area contributed by atoms with E-state index in [0.29, 0.717) is 12.2 Å². The van der Waals surface area contributed by atoms with Crippen LogP contribution in [0.4, 0.5) is 18.9 Å². The summed E-state index contributed by atoms with van der Waals surface area (Å²) in [6.45, 7) is 0.364. The second kappa shape index (κ2) is 5.12. The maximum absolute atomic E-state index is 12.6. The first kappa shape index (κ1) is 13.5. The molecule has 0 aliphatic carbocycles. The van der Waals surface area contributed by atoms with Crippen molar-refractivity contribution in [2.45, 2.75) is 12.7 Å². The van der Waals surface area contributed by atoms with Crippen molar-refractivity contribution < 1.29 is 13.2 Å². The van der Waals surface area contributed by atoms with Crippen LogP contribution in [0.15, 0.2) is 54.9 Å². The summed E-state index contributed by atoms with van der Waals surface area (Å²) in [7, 11) is 0. The SMILES string of the molecule is FC(F)(F)c1cccc(NCc2cn3ccccc3n2)c1. The van der Waals surface area contributed by atoms with Gasteiger partial charge in [-0.25, -0.2) is 4.98 Å². The molecular formula is C15H12F3N3. The summed E-state index contributed by atoms with van der Waals surface area (Å²) in [4.78, 5) is 4.38. The molecule has 0 bridgehead atoms. The van der Waals surface area contributed by atoms with Crippen molar-refractivity contribution in [1.82, 2.24) is 9.38 Å². The van der Waals surface area contributed by atoms with E-state index in [4.69, 9.17) is 0 Å². The van der Waals surface area contributed by atoms with Gasteiger partial charge in [0.1, 0.15) is 5.65 Å². The Balaban J connectivity index is 1.75. The van der Waals surface area contributed by atoms with Gasteiger partial charge in [0.25, 0.3) is 0 Å². The lowest BCUT2D eigenvalue weighted by Crippen LogP contribution is -2.06. The average molecular weight is 291 g/mol. The molecule has 0 spiro atoms. The van der Waals surface area contributed by atoms with Crippen molar-refractivity contribution in [3.05, 3.63) is 66.1 Å². The largest absolute Gasteiger partial charge is 0.416 e. The molecule has 3 aromatic rings. The fraction of sp³-hybridized carbons (Fsp3) is 0.133. The molecule has 0 atom stereocenters. The number of hydrogen-bond donors (Lipinski definition) is 1. The molecule has 0 radical (unpaired) electrons. The molecule has 6 heteroatoms. The van der Waals surface area contributed by atoms with Gasteiger partial charge in [0, 0.05) is 18.1 Å². The molecule has 3 nitrogen and oxygen atoms in total. The minimum Gasteiger partial charge on any atom is -0.379 e. The summed E-state index contributed by atoms with van der Waals surface area (Å²) in [6, 6.07) is 10.8. The van der Waals surface area contributed by atoms with Crippen LogP contribution in [0.25, 0.3) is 5.65 Å². The normalized spacial score (nSPS) is 11.8. The van der Waals surface area contributed by atoms with Crippen molar-refractivity contribution in [2.24, 2.45) is 0 Å². The van der Waals surface area contributed by atoms with E-state index in [2.05, 4.69) is 10.3 Å². The highest BCUT2D eigenvalue weighted by Crippen LogP contribution is 2.30. The van der Waals surface area contributed by atoms with Gasteiger partial charge in [0.2, 0.25) is 0 Å². The standard InChI is InChI=1S/C15H12F3N3/c16-15(17,18)11-4-3-5-12(8-11)19-9-13-10-21-7-2-1-6-14(21)20-13/h1-8,10,19H,9H2. The van der Waals surface area contributed by atoms with Gasteiger partial charge in [-0.3, -0.25) is 0 Å². The number of hydrogen-bond acceptors (Lipinski definition) is 2. The zero-order chi connectivity index (χ0) is 14.9. The first-order valence-electron chi connectivity index (χ1n) is 6.36. The monoisotopic (exact) mass is 291 g/mol. The number of anilines is 1. The summed E-state index contributed by atoms with van der Waals surface area (Å²) in [5.74, 6) is 0. The molecule has 0 saturated carbocycles. The van der Waals surface area contributed by atoms with E-state index in [1.165, 1.54) is 6.07 Å². The maximum Gasteiger partial charge on any atom is 0.416 e. The quantitative estimate of drug-likeness (QED) is 0.791. The van der Waals surface area contributed by atoms with Gasteiger partial charge in [-0.05, 0) is 30.3 Å². The summed E-state index contributed by atoms with van der Waals surface area (Å²) < 4.78 is 39.7. The van der Waals surface area contributed by atoms with Crippen LogP contribution in [0.1, 0.15) is 11.3 Å². The Morgan fingerprint density at radius 1 is 1.10 bits per heavy atom. The number of benzene rings is 1. The number of fused-ring (bicyclic) bond motifs is 1. The number of nitrogens with one attached hydrogen (secondary N) is 1. The Kier molecular flexibility index (Phi) is 3.29. The number of pyridine rings is 1. The van der Waals surface area contributed by atoms with E-state index in [-0.39, 0.29) is 0 Å². The van der Waals surface area contributed by atoms with E-state index in [0.717, 1.165) is 23.5 Å². The molecule has 108 valence electrons.